The Morgan fingerprint density at radius 1 is 0.433 bits per heavy atom. The predicted octanol–water partition coefficient (Wildman–Crippen LogP) is 7.67. The van der Waals surface area contributed by atoms with E-state index in [0.29, 0.717) is 0 Å². The van der Waals surface area contributed by atoms with Crippen LogP contribution in [0.1, 0.15) is 71.6 Å². The minimum absolute atomic E-state index is 0.124. The van der Waals surface area contributed by atoms with Gasteiger partial charge in [0.1, 0.15) is 0 Å². The summed E-state index contributed by atoms with van der Waals surface area (Å²) in [5.74, 6) is 0.124. The average molecular weight is 399 g/mol. The first-order valence-electron chi connectivity index (χ1n) is 10.8. The van der Waals surface area contributed by atoms with Crippen LogP contribution in [-0.4, -0.2) is 5.78 Å². The van der Waals surface area contributed by atoms with Crippen molar-refractivity contribution in [3.05, 3.63) is 91.0 Å². The molecule has 1 heteroatoms. The Morgan fingerprint density at radius 2 is 0.900 bits per heavy atom. The Labute approximate surface area is 182 Å². The molecule has 0 saturated carbocycles. The standard InChI is InChI=1S/C29H34O/c1-15-11-27(23(9)21(7)19(15)5)25-13-18(4)26(14-17(25)3)29(30)28-12-16(2)20(6)22(8)24(28)10/h11-14H,1-10H3. The highest BCUT2D eigenvalue weighted by Gasteiger charge is 2.20. The highest BCUT2D eigenvalue weighted by Crippen LogP contribution is 2.34. The molecule has 0 aromatic heterocycles. The number of carbonyl (C=O) groups excluding carboxylic acids is 1. The van der Waals surface area contributed by atoms with Gasteiger partial charge in [-0.25, -0.2) is 0 Å². The van der Waals surface area contributed by atoms with Gasteiger partial charge in [-0.1, -0.05) is 12.1 Å². The van der Waals surface area contributed by atoms with Gasteiger partial charge in [-0.2, -0.15) is 0 Å². The third-order valence-corrected chi connectivity index (χ3v) is 7.31. The summed E-state index contributed by atoms with van der Waals surface area (Å²) in [4.78, 5) is 13.5. The van der Waals surface area contributed by atoms with Crippen molar-refractivity contribution in [2.45, 2.75) is 69.2 Å². The molecule has 0 amide bonds. The van der Waals surface area contributed by atoms with Crippen molar-refractivity contribution >= 4 is 5.78 Å². The Kier molecular flexibility index (Phi) is 5.78. The number of hydrogen-bond donors (Lipinski definition) is 0. The molecule has 0 aliphatic carbocycles. The van der Waals surface area contributed by atoms with E-state index >= 15 is 0 Å². The smallest absolute Gasteiger partial charge is 0.193 e. The van der Waals surface area contributed by atoms with Crippen molar-refractivity contribution in [1.82, 2.24) is 0 Å². The highest BCUT2D eigenvalue weighted by atomic mass is 16.1. The van der Waals surface area contributed by atoms with Crippen LogP contribution in [0, 0.1) is 69.2 Å². The molecule has 30 heavy (non-hydrogen) atoms. The van der Waals surface area contributed by atoms with Gasteiger partial charge in [-0.3, -0.25) is 4.79 Å². The molecule has 0 saturated heterocycles. The molecule has 0 heterocycles. The Bertz CT molecular complexity index is 1190. The van der Waals surface area contributed by atoms with Crippen molar-refractivity contribution in [2.24, 2.45) is 0 Å². The molecular weight excluding hydrogens is 364 g/mol. The second-order valence-electron chi connectivity index (χ2n) is 9.04. The molecule has 0 bridgehead atoms. The lowest BCUT2D eigenvalue weighted by molar-refractivity contribution is 0.103. The normalized spacial score (nSPS) is 11.1. The molecule has 0 spiro atoms. The van der Waals surface area contributed by atoms with E-state index in [9.17, 15) is 4.79 Å². The minimum atomic E-state index is 0.124. The quantitative estimate of drug-likeness (QED) is 0.414. The van der Waals surface area contributed by atoms with Crippen LogP contribution in [0.4, 0.5) is 0 Å². The summed E-state index contributed by atoms with van der Waals surface area (Å²) in [7, 11) is 0. The molecule has 3 rings (SSSR count). The van der Waals surface area contributed by atoms with Crippen molar-refractivity contribution in [1.29, 1.82) is 0 Å². The van der Waals surface area contributed by atoms with Crippen LogP contribution in [0.2, 0.25) is 0 Å². The van der Waals surface area contributed by atoms with Crippen LogP contribution in [-0.2, 0) is 0 Å². The molecule has 3 aromatic rings. The SMILES string of the molecule is Cc1cc(-c2cc(C)c(C)c(C)c2C)c(C)cc1C(=O)c1cc(C)c(C)c(C)c1C. The van der Waals surface area contributed by atoms with E-state index in [2.05, 4.69) is 93.5 Å². The monoisotopic (exact) mass is 398 g/mol. The molecule has 0 radical (unpaired) electrons. The van der Waals surface area contributed by atoms with Gasteiger partial charge >= 0.3 is 0 Å². The van der Waals surface area contributed by atoms with E-state index in [0.717, 1.165) is 27.8 Å². The minimum Gasteiger partial charge on any atom is -0.289 e. The zero-order valence-electron chi connectivity index (χ0n) is 20.2. The molecule has 0 aliphatic rings. The van der Waals surface area contributed by atoms with E-state index in [1.807, 2.05) is 0 Å². The van der Waals surface area contributed by atoms with E-state index in [1.165, 1.54) is 50.1 Å². The van der Waals surface area contributed by atoms with Gasteiger partial charge in [0.25, 0.3) is 0 Å². The van der Waals surface area contributed by atoms with Gasteiger partial charge < -0.3 is 0 Å². The molecule has 0 atom stereocenters. The molecule has 156 valence electrons. The lowest BCUT2D eigenvalue weighted by Crippen LogP contribution is -2.09. The summed E-state index contributed by atoms with van der Waals surface area (Å²) in [6, 6.07) is 8.63. The Balaban J connectivity index is 2.17. The van der Waals surface area contributed by atoms with E-state index in [-0.39, 0.29) is 5.78 Å². The zero-order valence-corrected chi connectivity index (χ0v) is 20.2. The van der Waals surface area contributed by atoms with Gasteiger partial charge in [0.15, 0.2) is 5.78 Å². The number of carbonyl (C=O) groups is 1. The van der Waals surface area contributed by atoms with Crippen molar-refractivity contribution in [2.75, 3.05) is 0 Å². The second-order valence-corrected chi connectivity index (χ2v) is 9.04. The lowest BCUT2D eigenvalue weighted by Gasteiger charge is -2.19. The van der Waals surface area contributed by atoms with Gasteiger partial charge in [0.05, 0.1) is 0 Å². The van der Waals surface area contributed by atoms with E-state index in [1.54, 1.807) is 0 Å². The number of benzene rings is 3. The van der Waals surface area contributed by atoms with Crippen LogP contribution in [0.5, 0.6) is 0 Å². The molecule has 3 aromatic carbocycles. The molecule has 0 N–H and O–H groups in total. The van der Waals surface area contributed by atoms with Crippen LogP contribution < -0.4 is 0 Å². The Morgan fingerprint density at radius 3 is 1.50 bits per heavy atom. The maximum atomic E-state index is 13.5. The summed E-state index contributed by atoms with van der Waals surface area (Å²) >= 11 is 0. The summed E-state index contributed by atoms with van der Waals surface area (Å²) < 4.78 is 0. The third kappa shape index (κ3) is 3.51. The molecule has 1 nitrogen and oxygen atoms in total. The summed E-state index contributed by atoms with van der Waals surface area (Å²) in [5, 5.41) is 0. The van der Waals surface area contributed by atoms with Gasteiger partial charge in [-0.05, 0) is 148 Å². The summed E-state index contributed by atoms with van der Waals surface area (Å²) in [6.07, 6.45) is 0. The van der Waals surface area contributed by atoms with Crippen LogP contribution >= 0.6 is 0 Å². The van der Waals surface area contributed by atoms with Crippen LogP contribution in [0.3, 0.4) is 0 Å². The number of aryl methyl sites for hydroxylation is 4. The first-order valence-corrected chi connectivity index (χ1v) is 10.8. The van der Waals surface area contributed by atoms with Gasteiger partial charge in [0, 0.05) is 11.1 Å². The fourth-order valence-corrected chi connectivity index (χ4v) is 4.44. The van der Waals surface area contributed by atoms with Crippen molar-refractivity contribution in [3.63, 3.8) is 0 Å². The summed E-state index contributed by atoms with van der Waals surface area (Å²) in [6.45, 7) is 21.3. The Hall–Kier alpha value is -2.67. The maximum Gasteiger partial charge on any atom is 0.193 e. The van der Waals surface area contributed by atoms with Crippen molar-refractivity contribution < 1.29 is 4.79 Å². The molecule has 0 fully saturated rings. The average Bonchev–Trinajstić information content (AvgIpc) is 2.71. The maximum absolute atomic E-state index is 13.5. The largest absolute Gasteiger partial charge is 0.289 e. The first-order chi connectivity index (χ1) is 14.0. The number of ketones is 1. The fraction of sp³-hybridized carbons (Fsp3) is 0.345. The van der Waals surface area contributed by atoms with Crippen LogP contribution in [0.15, 0.2) is 24.3 Å². The number of rotatable bonds is 3. The predicted molar refractivity (Wildman–Crippen MR) is 129 cm³/mol. The van der Waals surface area contributed by atoms with E-state index in [4.69, 9.17) is 0 Å². The topological polar surface area (TPSA) is 17.1 Å². The molecular formula is C29H34O. The van der Waals surface area contributed by atoms with Crippen molar-refractivity contribution in [3.8, 4) is 11.1 Å². The molecule has 0 aliphatic heterocycles. The first kappa shape index (κ1) is 22.0. The lowest BCUT2D eigenvalue weighted by atomic mass is 9.85. The number of hydrogen-bond acceptors (Lipinski definition) is 1. The van der Waals surface area contributed by atoms with Crippen LogP contribution in [0.25, 0.3) is 11.1 Å². The highest BCUT2D eigenvalue weighted by molar-refractivity contribution is 6.11. The second kappa shape index (κ2) is 7.87. The van der Waals surface area contributed by atoms with Gasteiger partial charge in [-0.15, -0.1) is 0 Å². The van der Waals surface area contributed by atoms with E-state index < -0.39 is 0 Å². The zero-order chi connectivity index (χ0) is 22.5. The molecule has 0 unspecified atom stereocenters. The summed E-state index contributed by atoms with van der Waals surface area (Å²) in [5.41, 5.74) is 16.4. The third-order valence-electron chi connectivity index (χ3n) is 7.31. The fourth-order valence-electron chi connectivity index (χ4n) is 4.44. The van der Waals surface area contributed by atoms with Gasteiger partial charge in [0.2, 0.25) is 0 Å².